The van der Waals surface area contributed by atoms with Crippen LogP contribution in [0.25, 0.3) is 10.9 Å². The third kappa shape index (κ3) is 3.64. The molecule has 0 radical (unpaired) electrons. The monoisotopic (exact) mass is 347 g/mol. The summed E-state index contributed by atoms with van der Waals surface area (Å²) in [6.45, 7) is 1.66. The first-order valence-electron chi connectivity index (χ1n) is 8.93. The van der Waals surface area contributed by atoms with Crippen LogP contribution < -0.4 is 10.2 Å². The number of hydrogen-bond donors (Lipinski definition) is 1. The molecule has 1 saturated heterocycles. The lowest BCUT2D eigenvalue weighted by Crippen LogP contribution is -2.48. The van der Waals surface area contributed by atoms with Crippen molar-refractivity contribution in [3.8, 4) is 0 Å². The number of carbonyl (C=O) groups excluding carboxylic acids is 1. The third-order valence-electron chi connectivity index (χ3n) is 4.69. The minimum Gasteiger partial charge on any atom is -0.351 e. The average molecular weight is 347 g/mol. The smallest absolute Gasteiger partial charge is 0.225 e. The van der Waals surface area contributed by atoms with E-state index in [1.54, 1.807) is 18.6 Å². The van der Waals surface area contributed by atoms with Crippen LogP contribution in [0.15, 0.2) is 55.0 Å². The second-order valence-electron chi connectivity index (χ2n) is 6.57. The maximum Gasteiger partial charge on any atom is 0.225 e. The first kappa shape index (κ1) is 16.4. The van der Waals surface area contributed by atoms with Crippen molar-refractivity contribution in [1.29, 1.82) is 0 Å². The average Bonchev–Trinajstić information content (AvgIpc) is 2.69. The number of rotatable bonds is 4. The van der Waals surface area contributed by atoms with Crippen molar-refractivity contribution in [3.63, 3.8) is 0 Å². The van der Waals surface area contributed by atoms with Gasteiger partial charge in [0.1, 0.15) is 0 Å². The molecule has 1 N–H and O–H groups in total. The van der Waals surface area contributed by atoms with Crippen LogP contribution in [-0.4, -0.2) is 40.0 Å². The van der Waals surface area contributed by atoms with E-state index in [-0.39, 0.29) is 11.9 Å². The normalized spacial score (nSPS) is 17.2. The van der Waals surface area contributed by atoms with Crippen LogP contribution in [0.4, 0.5) is 5.95 Å². The van der Waals surface area contributed by atoms with Gasteiger partial charge in [0.2, 0.25) is 11.9 Å². The van der Waals surface area contributed by atoms with Gasteiger partial charge in [-0.3, -0.25) is 9.78 Å². The van der Waals surface area contributed by atoms with Crippen LogP contribution in [0, 0.1) is 0 Å². The molecule has 3 aromatic rings. The first-order valence-corrected chi connectivity index (χ1v) is 8.93. The summed E-state index contributed by atoms with van der Waals surface area (Å²) in [6, 6.07) is 11.8. The predicted octanol–water partition coefficient (Wildman–Crippen LogP) is 2.35. The van der Waals surface area contributed by atoms with Gasteiger partial charge in [-0.05, 0) is 30.5 Å². The second kappa shape index (κ2) is 7.47. The molecule has 0 bridgehead atoms. The lowest BCUT2D eigenvalue weighted by molar-refractivity contribution is -0.121. The van der Waals surface area contributed by atoms with Gasteiger partial charge in [-0.25, -0.2) is 9.97 Å². The molecule has 26 heavy (non-hydrogen) atoms. The van der Waals surface area contributed by atoms with Crippen molar-refractivity contribution < 1.29 is 4.79 Å². The molecule has 6 heteroatoms. The van der Waals surface area contributed by atoms with Gasteiger partial charge in [-0.15, -0.1) is 0 Å². The molecular formula is C20H21N5O. The maximum atomic E-state index is 12.6. The molecule has 0 saturated carbocycles. The molecule has 1 fully saturated rings. The van der Waals surface area contributed by atoms with Gasteiger partial charge in [0, 0.05) is 43.1 Å². The molecule has 132 valence electrons. The zero-order valence-corrected chi connectivity index (χ0v) is 14.5. The van der Waals surface area contributed by atoms with Gasteiger partial charge in [0.25, 0.3) is 0 Å². The van der Waals surface area contributed by atoms with E-state index in [1.165, 1.54) is 0 Å². The van der Waals surface area contributed by atoms with E-state index in [1.807, 2.05) is 36.4 Å². The Labute approximate surface area is 152 Å². The Kier molecular flexibility index (Phi) is 4.73. The number of amides is 1. The number of fused-ring (bicyclic) bond motifs is 1. The highest BCUT2D eigenvalue weighted by Gasteiger charge is 2.23. The second-order valence-corrected chi connectivity index (χ2v) is 6.57. The fourth-order valence-electron chi connectivity index (χ4n) is 3.49. The number of piperidine rings is 1. The minimum atomic E-state index is 0.0315. The summed E-state index contributed by atoms with van der Waals surface area (Å²) < 4.78 is 0. The highest BCUT2D eigenvalue weighted by molar-refractivity contribution is 5.87. The summed E-state index contributed by atoms with van der Waals surface area (Å²) in [6.07, 6.45) is 7.59. The van der Waals surface area contributed by atoms with Crippen molar-refractivity contribution in [2.45, 2.75) is 25.3 Å². The van der Waals surface area contributed by atoms with Crippen molar-refractivity contribution in [2.75, 3.05) is 18.0 Å². The Balaban J connectivity index is 1.41. The highest BCUT2D eigenvalue weighted by atomic mass is 16.1. The number of carbonyl (C=O) groups is 1. The predicted molar refractivity (Wildman–Crippen MR) is 101 cm³/mol. The lowest BCUT2D eigenvalue weighted by atomic mass is 10.0. The molecule has 1 atom stereocenters. The number of nitrogens with one attached hydrogen (secondary N) is 1. The topological polar surface area (TPSA) is 71.0 Å². The van der Waals surface area contributed by atoms with E-state index in [4.69, 9.17) is 0 Å². The van der Waals surface area contributed by atoms with Crippen LogP contribution in [0.1, 0.15) is 18.4 Å². The van der Waals surface area contributed by atoms with E-state index in [9.17, 15) is 4.79 Å². The van der Waals surface area contributed by atoms with Crippen molar-refractivity contribution in [1.82, 2.24) is 20.3 Å². The molecule has 6 nitrogen and oxygen atoms in total. The molecule has 1 amide bonds. The summed E-state index contributed by atoms with van der Waals surface area (Å²) >= 11 is 0. The Morgan fingerprint density at radius 2 is 1.88 bits per heavy atom. The molecule has 1 aliphatic rings. The Bertz CT molecular complexity index is 894. The SMILES string of the molecule is O=C(Cc1cccc2cccnc12)NC1CCCN(c2ncccn2)C1. The minimum absolute atomic E-state index is 0.0315. The number of para-hydroxylation sites is 1. The summed E-state index contributed by atoms with van der Waals surface area (Å²) in [5.41, 5.74) is 1.85. The number of pyridine rings is 1. The zero-order chi connectivity index (χ0) is 17.8. The van der Waals surface area contributed by atoms with E-state index < -0.39 is 0 Å². The third-order valence-corrected chi connectivity index (χ3v) is 4.69. The molecule has 0 aliphatic carbocycles. The number of benzene rings is 1. The van der Waals surface area contributed by atoms with Crippen LogP contribution in [0.2, 0.25) is 0 Å². The van der Waals surface area contributed by atoms with Crippen LogP contribution in [0.5, 0.6) is 0 Å². The summed E-state index contributed by atoms with van der Waals surface area (Å²) in [5, 5.41) is 4.23. The van der Waals surface area contributed by atoms with Crippen molar-refractivity contribution in [2.24, 2.45) is 0 Å². The zero-order valence-electron chi connectivity index (χ0n) is 14.5. The number of anilines is 1. The maximum absolute atomic E-state index is 12.6. The van der Waals surface area contributed by atoms with E-state index in [0.29, 0.717) is 6.42 Å². The molecular weight excluding hydrogens is 326 g/mol. The van der Waals surface area contributed by atoms with E-state index >= 15 is 0 Å². The molecule has 0 spiro atoms. The number of hydrogen-bond acceptors (Lipinski definition) is 5. The van der Waals surface area contributed by atoms with Gasteiger partial charge in [-0.1, -0.05) is 24.3 Å². The van der Waals surface area contributed by atoms with Crippen LogP contribution in [0.3, 0.4) is 0 Å². The first-order chi connectivity index (χ1) is 12.8. The molecule has 2 aromatic heterocycles. The fourth-order valence-corrected chi connectivity index (χ4v) is 3.49. The number of aromatic nitrogens is 3. The number of nitrogens with zero attached hydrogens (tertiary/aromatic N) is 4. The largest absolute Gasteiger partial charge is 0.351 e. The Morgan fingerprint density at radius 3 is 2.77 bits per heavy atom. The highest BCUT2D eigenvalue weighted by Crippen LogP contribution is 2.18. The van der Waals surface area contributed by atoms with Crippen molar-refractivity contribution in [3.05, 3.63) is 60.6 Å². The Hall–Kier alpha value is -3.02. The van der Waals surface area contributed by atoms with Gasteiger partial charge in [0.05, 0.1) is 11.9 Å². The fraction of sp³-hybridized carbons (Fsp3) is 0.300. The quantitative estimate of drug-likeness (QED) is 0.784. The Morgan fingerprint density at radius 1 is 1.08 bits per heavy atom. The van der Waals surface area contributed by atoms with Gasteiger partial charge in [0.15, 0.2) is 0 Å². The molecule has 1 aliphatic heterocycles. The summed E-state index contributed by atoms with van der Waals surface area (Å²) in [5.74, 6) is 0.758. The summed E-state index contributed by atoms with van der Waals surface area (Å²) in [4.78, 5) is 27.8. The van der Waals surface area contributed by atoms with Gasteiger partial charge < -0.3 is 10.2 Å². The van der Waals surface area contributed by atoms with Gasteiger partial charge in [-0.2, -0.15) is 0 Å². The van der Waals surface area contributed by atoms with Crippen LogP contribution >= 0.6 is 0 Å². The van der Waals surface area contributed by atoms with Gasteiger partial charge >= 0.3 is 0 Å². The van der Waals surface area contributed by atoms with Crippen molar-refractivity contribution >= 4 is 22.8 Å². The summed E-state index contributed by atoms with van der Waals surface area (Å²) in [7, 11) is 0. The lowest BCUT2D eigenvalue weighted by Gasteiger charge is -2.33. The molecule has 4 rings (SSSR count). The standard InChI is InChI=1S/C20H21N5O/c26-18(13-16-6-1-5-15-7-2-9-21-19(15)16)24-17-8-3-12-25(14-17)20-22-10-4-11-23-20/h1-2,4-7,9-11,17H,3,8,12-14H2,(H,24,26). The van der Waals surface area contributed by atoms with E-state index in [0.717, 1.165) is 48.3 Å². The molecule has 3 heterocycles. The molecule has 1 aromatic carbocycles. The van der Waals surface area contributed by atoms with E-state index in [2.05, 4.69) is 25.2 Å². The van der Waals surface area contributed by atoms with Crippen LogP contribution in [-0.2, 0) is 11.2 Å². The molecule has 1 unspecified atom stereocenters.